The van der Waals surface area contributed by atoms with Gasteiger partial charge >= 0.3 is 7.82 Å². The molecule has 0 radical (unpaired) electrons. The van der Waals surface area contributed by atoms with Crippen LogP contribution in [0.1, 0.15) is 19.8 Å². The maximum atomic E-state index is 11.1. The molecule has 0 aromatic carbocycles. The third kappa shape index (κ3) is 5.80. The maximum Gasteiger partial charge on any atom is 0.474 e. The summed E-state index contributed by atoms with van der Waals surface area (Å²) in [7, 11) is -4.10. The predicted molar refractivity (Wildman–Crippen MR) is 53.2 cm³/mol. The Morgan fingerprint density at radius 2 is 2.21 bits per heavy atom. The van der Waals surface area contributed by atoms with E-state index in [-0.39, 0.29) is 6.61 Å². The largest absolute Gasteiger partial charge is 0.474 e. The Morgan fingerprint density at radius 3 is 2.64 bits per heavy atom. The summed E-state index contributed by atoms with van der Waals surface area (Å²) >= 11 is 0. The Balaban J connectivity index is 4.13. The van der Waals surface area contributed by atoms with Crippen LogP contribution in [0.15, 0.2) is 0 Å². The molecule has 0 aliphatic rings. The van der Waals surface area contributed by atoms with Gasteiger partial charge in [-0.15, -0.1) is 12.8 Å². The molecule has 0 saturated heterocycles. The molecule has 0 amide bonds. The van der Waals surface area contributed by atoms with Gasteiger partial charge in [0.2, 0.25) is 0 Å². The molecule has 5 heteroatoms. The zero-order chi connectivity index (χ0) is 11.0. The summed E-state index contributed by atoms with van der Waals surface area (Å²) in [6.45, 7) is 1.61. The van der Waals surface area contributed by atoms with E-state index in [1.165, 1.54) is 0 Å². The first-order valence-corrected chi connectivity index (χ1v) is 5.60. The molecule has 4 nitrogen and oxygen atoms in total. The van der Waals surface area contributed by atoms with Gasteiger partial charge in [0.05, 0.1) is 0 Å². The van der Waals surface area contributed by atoms with Crippen molar-refractivity contribution in [2.75, 3.05) is 6.61 Å². The molecule has 14 heavy (non-hydrogen) atoms. The molecule has 2 atom stereocenters. The molecule has 0 rings (SSSR count). The molecule has 0 aliphatic heterocycles. The number of phosphoric acid groups is 1. The lowest BCUT2D eigenvalue weighted by atomic mass is 10.2. The first-order chi connectivity index (χ1) is 6.55. The lowest BCUT2D eigenvalue weighted by molar-refractivity contribution is 0.134. The molecule has 0 bridgehead atoms. The molecule has 0 aromatic heterocycles. The molecule has 2 unspecified atom stereocenters. The van der Waals surface area contributed by atoms with E-state index < -0.39 is 13.9 Å². The highest BCUT2D eigenvalue weighted by Gasteiger charge is 2.24. The van der Waals surface area contributed by atoms with Crippen LogP contribution in [0.25, 0.3) is 0 Å². The number of rotatable bonds is 6. The Kier molecular flexibility index (Phi) is 6.28. The predicted octanol–water partition coefficient (Wildman–Crippen LogP) is 1.56. The molecule has 0 aromatic rings. The van der Waals surface area contributed by atoms with E-state index in [0.717, 1.165) is 6.42 Å². The second kappa shape index (κ2) is 6.65. The van der Waals surface area contributed by atoms with Gasteiger partial charge in [-0.25, -0.2) is 4.57 Å². The first kappa shape index (κ1) is 13.2. The van der Waals surface area contributed by atoms with E-state index in [9.17, 15) is 4.57 Å². The van der Waals surface area contributed by atoms with Crippen molar-refractivity contribution in [1.29, 1.82) is 0 Å². The standard InChI is InChI=1S/C9H13O4P/c1-4-7-9(6-3)13-14(10,11)12-8-5-2/h2-3,9H,4,7-8H2,1H3,(H,10,11). The van der Waals surface area contributed by atoms with E-state index in [4.69, 9.17) is 17.7 Å². The SMILES string of the molecule is C#CCOP(=O)(O)OC(C#C)CCC. The van der Waals surface area contributed by atoms with E-state index in [0.29, 0.717) is 6.42 Å². The van der Waals surface area contributed by atoms with Gasteiger partial charge in [0.25, 0.3) is 0 Å². The minimum absolute atomic E-state index is 0.281. The van der Waals surface area contributed by atoms with Crippen molar-refractivity contribution in [2.45, 2.75) is 25.9 Å². The monoisotopic (exact) mass is 216 g/mol. The third-order valence-electron chi connectivity index (χ3n) is 1.31. The zero-order valence-corrected chi connectivity index (χ0v) is 8.87. The van der Waals surface area contributed by atoms with Crippen molar-refractivity contribution in [3.63, 3.8) is 0 Å². The summed E-state index contributed by atoms with van der Waals surface area (Å²) in [6.07, 6.45) is 10.5. The van der Waals surface area contributed by atoms with Crippen LogP contribution in [0.2, 0.25) is 0 Å². The van der Waals surface area contributed by atoms with Crippen molar-refractivity contribution < 1.29 is 18.5 Å². The smallest absolute Gasteiger partial charge is 0.302 e. The van der Waals surface area contributed by atoms with Gasteiger partial charge in [-0.3, -0.25) is 9.05 Å². The summed E-state index contributed by atoms with van der Waals surface area (Å²) in [5.74, 6) is 4.31. The fourth-order valence-electron chi connectivity index (χ4n) is 0.739. The van der Waals surface area contributed by atoms with Gasteiger partial charge in [0, 0.05) is 0 Å². The Hall–Kier alpha value is -0.770. The maximum absolute atomic E-state index is 11.1. The fourth-order valence-corrected chi connectivity index (χ4v) is 1.53. The number of phosphoric ester groups is 1. The van der Waals surface area contributed by atoms with Gasteiger partial charge in [-0.05, 0) is 6.42 Å². The molecule has 78 valence electrons. The minimum Gasteiger partial charge on any atom is -0.302 e. The Labute approximate surface area is 84.2 Å². The quantitative estimate of drug-likeness (QED) is 0.540. The average molecular weight is 216 g/mol. The number of hydrogen-bond donors (Lipinski definition) is 1. The number of hydrogen-bond acceptors (Lipinski definition) is 3. The van der Waals surface area contributed by atoms with Crippen molar-refractivity contribution in [2.24, 2.45) is 0 Å². The molecule has 1 N–H and O–H groups in total. The van der Waals surface area contributed by atoms with E-state index >= 15 is 0 Å². The summed E-state index contributed by atoms with van der Waals surface area (Å²) in [5, 5.41) is 0. The van der Waals surface area contributed by atoms with Gasteiger partial charge in [0.15, 0.2) is 0 Å². The van der Waals surface area contributed by atoms with Crippen LogP contribution in [0, 0.1) is 24.7 Å². The second-order valence-electron chi connectivity index (χ2n) is 2.50. The lowest BCUT2D eigenvalue weighted by Gasteiger charge is -2.14. The normalized spacial score (nSPS) is 16.3. The van der Waals surface area contributed by atoms with Gasteiger partial charge in [-0.2, -0.15) is 0 Å². The summed E-state index contributed by atoms with van der Waals surface area (Å²) in [4.78, 5) is 9.09. The molecular formula is C9H13O4P. The van der Waals surface area contributed by atoms with Gasteiger partial charge in [-0.1, -0.05) is 25.2 Å². The van der Waals surface area contributed by atoms with Crippen LogP contribution in [0.3, 0.4) is 0 Å². The Bertz CT molecular complexity index is 286. The fraction of sp³-hybridized carbons (Fsp3) is 0.556. The summed E-state index contributed by atoms with van der Waals surface area (Å²) < 4.78 is 20.2. The minimum atomic E-state index is -4.10. The highest BCUT2D eigenvalue weighted by atomic mass is 31.2. The van der Waals surface area contributed by atoms with E-state index in [2.05, 4.69) is 20.9 Å². The van der Waals surface area contributed by atoms with E-state index in [1.54, 1.807) is 0 Å². The van der Waals surface area contributed by atoms with Crippen molar-refractivity contribution in [1.82, 2.24) is 0 Å². The average Bonchev–Trinajstić information content (AvgIpc) is 2.14. The highest BCUT2D eigenvalue weighted by molar-refractivity contribution is 7.47. The summed E-state index contributed by atoms with van der Waals surface area (Å²) in [5.41, 5.74) is 0. The van der Waals surface area contributed by atoms with Crippen molar-refractivity contribution in [3.8, 4) is 24.7 Å². The topological polar surface area (TPSA) is 55.8 Å². The Morgan fingerprint density at radius 1 is 1.57 bits per heavy atom. The van der Waals surface area contributed by atoms with Crippen LogP contribution >= 0.6 is 7.82 Å². The van der Waals surface area contributed by atoms with Crippen LogP contribution in [-0.2, 0) is 13.6 Å². The van der Waals surface area contributed by atoms with Gasteiger partial charge < -0.3 is 4.89 Å². The van der Waals surface area contributed by atoms with Crippen LogP contribution < -0.4 is 0 Å². The first-order valence-electron chi connectivity index (χ1n) is 4.11. The number of terminal acetylenes is 2. The zero-order valence-electron chi connectivity index (χ0n) is 7.97. The molecule has 0 heterocycles. The van der Waals surface area contributed by atoms with Crippen LogP contribution in [-0.4, -0.2) is 17.6 Å². The van der Waals surface area contributed by atoms with Crippen molar-refractivity contribution in [3.05, 3.63) is 0 Å². The molecular weight excluding hydrogens is 203 g/mol. The second-order valence-corrected chi connectivity index (χ2v) is 3.90. The van der Waals surface area contributed by atoms with Crippen LogP contribution in [0.5, 0.6) is 0 Å². The van der Waals surface area contributed by atoms with E-state index in [1.807, 2.05) is 6.92 Å². The lowest BCUT2D eigenvalue weighted by Crippen LogP contribution is -2.09. The third-order valence-corrected chi connectivity index (χ3v) is 2.28. The summed E-state index contributed by atoms with van der Waals surface area (Å²) in [6, 6.07) is 0. The van der Waals surface area contributed by atoms with Crippen LogP contribution in [0.4, 0.5) is 0 Å². The molecule has 0 saturated carbocycles. The molecule has 0 fully saturated rings. The molecule has 0 spiro atoms. The molecule has 0 aliphatic carbocycles. The van der Waals surface area contributed by atoms with Crippen molar-refractivity contribution >= 4 is 7.82 Å². The highest BCUT2D eigenvalue weighted by Crippen LogP contribution is 2.44. The van der Waals surface area contributed by atoms with Gasteiger partial charge in [0.1, 0.15) is 12.7 Å².